The monoisotopic (exact) mass is 389 g/mol. The van der Waals surface area contributed by atoms with Crippen molar-refractivity contribution in [1.29, 1.82) is 0 Å². The Morgan fingerprint density at radius 2 is 1.78 bits per heavy atom. The summed E-state index contributed by atoms with van der Waals surface area (Å²) in [6, 6.07) is 3.17. The molecule has 1 fully saturated rings. The summed E-state index contributed by atoms with van der Waals surface area (Å²) < 4.78 is 1.82. The molecule has 1 saturated carbocycles. The Balaban J connectivity index is 2.03. The Morgan fingerprint density at radius 3 is 2.44 bits per heavy atom. The number of phenols is 3. The van der Waals surface area contributed by atoms with Gasteiger partial charge in [0, 0.05) is 16.4 Å². The highest BCUT2D eigenvalue weighted by molar-refractivity contribution is 7.07. The van der Waals surface area contributed by atoms with Gasteiger partial charge >= 0.3 is 0 Å². The topological polar surface area (TPSA) is 90.3 Å². The molecule has 3 rings (SSSR count). The smallest absolute Gasteiger partial charge is 0.206 e. The number of rotatable bonds is 3. The molecule has 6 nitrogen and oxygen atoms in total. The van der Waals surface area contributed by atoms with Crippen LogP contribution in [0.4, 0.5) is 0 Å². The van der Waals surface area contributed by atoms with Crippen LogP contribution in [0.15, 0.2) is 27.6 Å². The molecule has 146 valence electrons. The number of phenolic OH excluding ortho intramolecular Hbond substituents is 3. The van der Waals surface area contributed by atoms with Gasteiger partial charge in [-0.1, -0.05) is 40.0 Å². The molecule has 1 aliphatic rings. The second-order valence-electron chi connectivity index (χ2n) is 8.00. The number of nitrogens with zero attached hydrogens (tertiary/aromatic N) is 3. The van der Waals surface area contributed by atoms with E-state index in [4.69, 9.17) is 4.99 Å². The maximum atomic E-state index is 10.0. The van der Waals surface area contributed by atoms with Crippen LogP contribution in [0.1, 0.15) is 64.1 Å². The van der Waals surface area contributed by atoms with E-state index in [1.54, 1.807) is 11.3 Å². The summed E-state index contributed by atoms with van der Waals surface area (Å²) in [7, 11) is 0. The first-order valence-corrected chi connectivity index (χ1v) is 10.2. The van der Waals surface area contributed by atoms with Gasteiger partial charge in [-0.05, 0) is 25.0 Å². The Hall–Kier alpha value is -2.28. The number of hydrogen-bond acceptors (Lipinski definition) is 6. The van der Waals surface area contributed by atoms with Gasteiger partial charge in [-0.25, -0.2) is 4.68 Å². The van der Waals surface area contributed by atoms with E-state index in [1.165, 1.54) is 37.6 Å². The summed E-state index contributed by atoms with van der Waals surface area (Å²) in [5, 5.41) is 35.9. The fourth-order valence-electron chi connectivity index (χ4n) is 3.18. The standard InChI is InChI=1S/C20H27N3O3S/c1-20(2,3)16-12-27-19(22-14-7-5-4-6-8-14)23(16)21-11-13-9-10-15(24)18(26)17(13)25/h9-12,14,24-26H,4-8H2,1-3H3/b21-11+,22-19?. The molecule has 1 aromatic carbocycles. The van der Waals surface area contributed by atoms with Crippen molar-refractivity contribution in [3.8, 4) is 17.2 Å². The minimum atomic E-state index is -0.544. The van der Waals surface area contributed by atoms with Crippen molar-refractivity contribution in [2.45, 2.75) is 64.3 Å². The number of thiazole rings is 1. The van der Waals surface area contributed by atoms with Crippen molar-refractivity contribution >= 4 is 17.6 Å². The average Bonchev–Trinajstić information content (AvgIpc) is 3.03. The molecule has 0 atom stereocenters. The summed E-state index contributed by atoms with van der Waals surface area (Å²) in [6.07, 6.45) is 7.42. The molecule has 0 radical (unpaired) electrons. The molecule has 0 amide bonds. The molecule has 0 bridgehead atoms. The van der Waals surface area contributed by atoms with Crippen molar-refractivity contribution in [3.63, 3.8) is 0 Å². The van der Waals surface area contributed by atoms with E-state index in [-0.39, 0.29) is 11.2 Å². The Kier molecular flexibility index (Phi) is 5.60. The molecular formula is C20H27N3O3S. The van der Waals surface area contributed by atoms with Gasteiger partial charge < -0.3 is 15.3 Å². The minimum absolute atomic E-state index is 0.118. The lowest BCUT2D eigenvalue weighted by Gasteiger charge is -2.19. The van der Waals surface area contributed by atoms with Gasteiger partial charge in [-0.15, -0.1) is 11.3 Å². The Bertz CT molecular complexity index is 900. The van der Waals surface area contributed by atoms with Crippen LogP contribution in [-0.4, -0.2) is 32.3 Å². The third-order valence-electron chi connectivity index (χ3n) is 4.79. The lowest BCUT2D eigenvalue weighted by atomic mass is 9.93. The van der Waals surface area contributed by atoms with E-state index in [0.29, 0.717) is 11.6 Å². The molecule has 3 N–H and O–H groups in total. The lowest BCUT2D eigenvalue weighted by Crippen LogP contribution is -2.24. The zero-order valence-electron chi connectivity index (χ0n) is 16.0. The van der Waals surface area contributed by atoms with Crippen LogP contribution in [0.25, 0.3) is 0 Å². The van der Waals surface area contributed by atoms with Gasteiger partial charge in [-0.3, -0.25) is 4.99 Å². The first-order valence-electron chi connectivity index (χ1n) is 9.30. The van der Waals surface area contributed by atoms with Gasteiger partial charge in [0.05, 0.1) is 18.0 Å². The van der Waals surface area contributed by atoms with Gasteiger partial charge in [-0.2, -0.15) is 5.10 Å². The SMILES string of the molecule is CC(C)(C)c1csc(=NC2CCCCC2)n1/N=C/c1ccc(O)c(O)c1O. The summed E-state index contributed by atoms with van der Waals surface area (Å²) in [5.74, 6) is -1.30. The van der Waals surface area contributed by atoms with Crippen molar-refractivity contribution in [1.82, 2.24) is 4.68 Å². The molecule has 0 saturated heterocycles. The summed E-state index contributed by atoms with van der Waals surface area (Å²) in [5.41, 5.74) is 1.24. The number of benzene rings is 1. The van der Waals surface area contributed by atoms with Gasteiger partial charge in [0.15, 0.2) is 11.5 Å². The molecule has 7 heteroatoms. The Labute approximate surface area is 163 Å². The molecule has 1 aromatic heterocycles. The van der Waals surface area contributed by atoms with Crippen LogP contribution in [0.2, 0.25) is 0 Å². The summed E-state index contributed by atoms with van der Waals surface area (Å²) >= 11 is 1.57. The van der Waals surface area contributed by atoms with Gasteiger partial charge in [0.1, 0.15) is 0 Å². The number of hydrogen-bond donors (Lipinski definition) is 3. The maximum absolute atomic E-state index is 10.0. The van der Waals surface area contributed by atoms with Crippen LogP contribution < -0.4 is 4.80 Å². The molecular weight excluding hydrogens is 362 g/mol. The molecule has 0 spiro atoms. The Morgan fingerprint density at radius 1 is 1.07 bits per heavy atom. The normalized spacial score (nSPS) is 17.1. The first-order chi connectivity index (χ1) is 12.8. The second-order valence-corrected chi connectivity index (χ2v) is 8.84. The van der Waals surface area contributed by atoms with Crippen molar-refractivity contribution in [2.24, 2.45) is 10.1 Å². The molecule has 27 heavy (non-hydrogen) atoms. The zero-order valence-corrected chi connectivity index (χ0v) is 16.8. The predicted octanol–water partition coefficient (Wildman–Crippen LogP) is 4.08. The molecule has 1 heterocycles. The van der Waals surface area contributed by atoms with Crippen LogP contribution >= 0.6 is 11.3 Å². The van der Waals surface area contributed by atoms with E-state index >= 15 is 0 Å². The first kappa shape index (κ1) is 19.5. The second kappa shape index (κ2) is 7.76. The van der Waals surface area contributed by atoms with Gasteiger partial charge in [0.25, 0.3) is 0 Å². The molecule has 0 aliphatic heterocycles. The van der Waals surface area contributed by atoms with Crippen molar-refractivity contribution in [2.75, 3.05) is 0 Å². The largest absolute Gasteiger partial charge is 0.504 e. The van der Waals surface area contributed by atoms with E-state index in [0.717, 1.165) is 23.3 Å². The number of aromatic nitrogens is 1. The maximum Gasteiger partial charge on any atom is 0.206 e. The summed E-state index contributed by atoms with van der Waals surface area (Å²) in [6.45, 7) is 6.36. The zero-order chi connectivity index (χ0) is 19.6. The van der Waals surface area contributed by atoms with Crippen molar-refractivity contribution < 1.29 is 15.3 Å². The quantitative estimate of drug-likeness (QED) is 0.546. The van der Waals surface area contributed by atoms with Crippen molar-refractivity contribution in [3.05, 3.63) is 33.6 Å². The predicted molar refractivity (Wildman–Crippen MR) is 108 cm³/mol. The van der Waals surface area contributed by atoms with Gasteiger partial charge in [0.2, 0.25) is 10.6 Å². The highest BCUT2D eigenvalue weighted by atomic mass is 32.1. The fraction of sp³-hybridized carbons (Fsp3) is 0.500. The minimum Gasteiger partial charge on any atom is -0.504 e. The fourth-order valence-corrected chi connectivity index (χ4v) is 4.30. The van der Waals surface area contributed by atoms with Crippen LogP contribution in [0, 0.1) is 0 Å². The summed E-state index contributed by atoms with van der Waals surface area (Å²) in [4.78, 5) is 5.77. The van der Waals surface area contributed by atoms with E-state index in [9.17, 15) is 15.3 Å². The lowest BCUT2D eigenvalue weighted by molar-refractivity contribution is 0.367. The molecule has 2 aromatic rings. The van der Waals surface area contributed by atoms with E-state index in [1.807, 2.05) is 4.68 Å². The van der Waals surface area contributed by atoms with Crippen LogP contribution in [0.3, 0.4) is 0 Å². The van der Waals surface area contributed by atoms with E-state index < -0.39 is 11.5 Å². The molecule has 0 unspecified atom stereocenters. The van der Waals surface area contributed by atoms with Crippen LogP contribution in [-0.2, 0) is 5.41 Å². The third kappa shape index (κ3) is 4.35. The number of aromatic hydroxyl groups is 3. The van der Waals surface area contributed by atoms with E-state index in [2.05, 4.69) is 31.3 Å². The highest BCUT2D eigenvalue weighted by Gasteiger charge is 2.21. The molecule has 1 aliphatic carbocycles. The van der Waals surface area contributed by atoms with Crippen LogP contribution in [0.5, 0.6) is 17.2 Å². The third-order valence-corrected chi connectivity index (χ3v) is 5.63. The average molecular weight is 390 g/mol. The highest BCUT2D eigenvalue weighted by Crippen LogP contribution is 2.36.